The van der Waals surface area contributed by atoms with Gasteiger partial charge in [-0.05, 0) is 30.9 Å². The van der Waals surface area contributed by atoms with Gasteiger partial charge in [-0.1, -0.05) is 74.5 Å². The molecule has 3 heterocycles. The van der Waals surface area contributed by atoms with Crippen molar-refractivity contribution in [1.29, 1.82) is 0 Å². The minimum Gasteiger partial charge on any atom is -0.456 e. The van der Waals surface area contributed by atoms with Crippen molar-refractivity contribution < 1.29 is 28.7 Å². The third-order valence-electron chi connectivity index (χ3n) is 8.50. The maximum absolute atomic E-state index is 14.1. The molecule has 0 spiro atoms. The number of carbonyl (C=O) groups excluding carboxylic acids is 2. The van der Waals surface area contributed by atoms with Crippen molar-refractivity contribution in [2.75, 3.05) is 0 Å². The van der Waals surface area contributed by atoms with Crippen molar-refractivity contribution in [3.8, 4) is 0 Å². The molecule has 3 aromatic rings. The molecule has 0 unspecified atom stereocenters. The minimum absolute atomic E-state index is 0.0352. The van der Waals surface area contributed by atoms with Crippen LogP contribution in [0.5, 0.6) is 0 Å². The summed E-state index contributed by atoms with van der Waals surface area (Å²) in [4.78, 5) is 39.7. The number of cyclic esters (lactones) is 1. The topological polar surface area (TPSA) is 108 Å². The van der Waals surface area contributed by atoms with Crippen LogP contribution in [0.25, 0.3) is 0 Å². The Morgan fingerprint density at radius 3 is 2.15 bits per heavy atom. The van der Waals surface area contributed by atoms with Crippen LogP contribution in [0, 0.1) is 16.0 Å². The van der Waals surface area contributed by atoms with Gasteiger partial charge in [0.2, 0.25) is 0 Å². The highest BCUT2D eigenvalue weighted by Crippen LogP contribution is 2.50. The van der Waals surface area contributed by atoms with E-state index in [0.717, 1.165) is 24.0 Å². The molecule has 9 heteroatoms. The molecule has 0 N–H and O–H groups in total. The van der Waals surface area contributed by atoms with Crippen molar-refractivity contribution in [2.24, 2.45) is 5.92 Å². The lowest BCUT2D eigenvalue weighted by molar-refractivity contribution is -0.384. The quantitative estimate of drug-likeness (QED) is 0.204. The van der Waals surface area contributed by atoms with Crippen LogP contribution >= 0.6 is 0 Å². The number of rotatable bonds is 7. The van der Waals surface area contributed by atoms with Gasteiger partial charge in [0.05, 0.1) is 34.8 Å². The Hall–Kier alpha value is -4.24. The summed E-state index contributed by atoms with van der Waals surface area (Å²) in [6.07, 6.45) is 0.475. The average Bonchev–Trinajstić information content (AvgIpc) is 3.52. The van der Waals surface area contributed by atoms with Crippen LogP contribution in [-0.4, -0.2) is 52.3 Å². The summed E-state index contributed by atoms with van der Waals surface area (Å²) >= 11 is 0. The number of fused-ring (bicyclic) bond motifs is 2. The smallest absolute Gasteiger partial charge is 0.411 e. The van der Waals surface area contributed by atoms with E-state index in [4.69, 9.17) is 14.2 Å². The lowest BCUT2D eigenvalue weighted by Crippen LogP contribution is -2.61. The number of non-ortho nitro benzene ring substituents is 1. The molecule has 9 nitrogen and oxygen atoms in total. The second kappa shape index (κ2) is 10.6. The van der Waals surface area contributed by atoms with Gasteiger partial charge in [-0.15, -0.1) is 0 Å². The molecule has 3 aromatic carbocycles. The molecule has 5 atom stereocenters. The Kier molecular flexibility index (Phi) is 6.99. The minimum atomic E-state index is -1.09. The molecular formula is C32H32N2O7. The molecule has 3 aliphatic heterocycles. The van der Waals surface area contributed by atoms with Crippen LogP contribution in [0.2, 0.25) is 0 Å². The third kappa shape index (κ3) is 4.64. The summed E-state index contributed by atoms with van der Waals surface area (Å²) in [6.45, 7) is 4.14. The SMILES string of the molecule is CC(C)[C@@H]1N([C@H]2[C@@H](OC(=O)c3ccc([N+](=O)[O-])cc3)C[C@H]3CC[C@@H]2O3)C(=O)OC1(c1ccccc1)c1ccccc1. The van der Waals surface area contributed by atoms with Gasteiger partial charge in [0.1, 0.15) is 6.10 Å². The fourth-order valence-electron chi connectivity index (χ4n) is 6.85. The second-order valence-corrected chi connectivity index (χ2v) is 11.3. The largest absolute Gasteiger partial charge is 0.456 e. The van der Waals surface area contributed by atoms with Gasteiger partial charge >= 0.3 is 12.1 Å². The van der Waals surface area contributed by atoms with E-state index in [9.17, 15) is 19.7 Å². The van der Waals surface area contributed by atoms with Crippen molar-refractivity contribution in [2.45, 2.75) is 69.1 Å². The van der Waals surface area contributed by atoms with E-state index in [1.165, 1.54) is 24.3 Å². The number of hydrogen-bond acceptors (Lipinski definition) is 7. The fraction of sp³-hybridized carbons (Fsp3) is 0.375. The summed E-state index contributed by atoms with van der Waals surface area (Å²) in [6, 6.07) is 23.9. The Labute approximate surface area is 238 Å². The van der Waals surface area contributed by atoms with E-state index in [-0.39, 0.29) is 29.4 Å². The number of nitro benzene ring substituents is 1. The number of ether oxygens (including phenoxy) is 3. The van der Waals surface area contributed by atoms with E-state index in [2.05, 4.69) is 13.8 Å². The summed E-state index contributed by atoms with van der Waals surface area (Å²) in [5, 5.41) is 11.1. The zero-order valence-electron chi connectivity index (χ0n) is 22.9. The molecule has 0 aliphatic carbocycles. The number of benzene rings is 3. The molecule has 2 bridgehead atoms. The highest BCUT2D eigenvalue weighted by atomic mass is 16.6. The number of nitro groups is 1. The molecule has 3 fully saturated rings. The van der Waals surface area contributed by atoms with Crippen LogP contribution in [-0.2, 0) is 19.8 Å². The van der Waals surface area contributed by atoms with Gasteiger partial charge in [0, 0.05) is 29.7 Å². The molecule has 6 rings (SSSR count). The van der Waals surface area contributed by atoms with Crippen molar-refractivity contribution in [3.05, 3.63) is 112 Å². The van der Waals surface area contributed by atoms with E-state index in [0.29, 0.717) is 6.42 Å². The predicted octanol–water partition coefficient (Wildman–Crippen LogP) is 5.86. The molecule has 3 aliphatic rings. The first kappa shape index (κ1) is 27.0. The second-order valence-electron chi connectivity index (χ2n) is 11.3. The maximum atomic E-state index is 14.1. The van der Waals surface area contributed by atoms with Crippen LogP contribution in [0.1, 0.15) is 54.6 Å². The summed E-state index contributed by atoms with van der Waals surface area (Å²) in [5.74, 6) is -0.630. The molecule has 41 heavy (non-hydrogen) atoms. The predicted molar refractivity (Wildman–Crippen MR) is 149 cm³/mol. The van der Waals surface area contributed by atoms with E-state index in [1.54, 1.807) is 4.90 Å². The molecule has 3 saturated heterocycles. The molecule has 0 saturated carbocycles. The lowest BCUT2D eigenvalue weighted by atomic mass is 9.75. The Bertz CT molecular complexity index is 1390. The summed E-state index contributed by atoms with van der Waals surface area (Å²) in [5.41, 5.74) is 0.736. The third-order valence-corrected chi connectivity index (χ3v) is 8.50. The Balaban J connectivity index is 1.40. The summed E-state index contributed by atoms with van der Waals surface area (Å²) < 4.78 is 18.9. The van der Waals surface area contributed by atoms with Crippen LogP contribution < -0.4 is 0 Å². The fourth-order valence-corrected chi connectivity index (χ4v) is 6.85. The monoisotopic (exact) mass is 556 g/mol. The molecule has 212 valence electrons. The van der Waals surface area contributed by atoms with Crippen molar-refractivity contribution >= 4 is 17.7 Å². The van der Waals surface area contributed by atoms with Gasteiger partial charge in [-0.25, -0.2) is 9.59 Å². The Morgan fingerprint density at radius 2 is 1.59 bits per heavy atom. The first-order valence-electron chi connectivity index (χ1n) is 14.0. The van der Waals surface area contributed by atoms with Gasteiger partial charge in [0.25, 0.3) is 5.69 Å². The van der Waals surface area contributed by atoms with E-state index < -0.39 is 40.8 Å². The first-order valence-corrected chi connectivity index (χ1v) is 14.0. The van der Waals surface area contributed by atoms with Crippen LogP contribution in [0.3, 0.4) is 0 Å². The maximum Gasteiger partial charge on any atom is 0.411 e. The molecule has 0 radical (unpaired) electrons. The van der Waals surface area contributed by atoms with Gasteiger partial charge in [0.15, 0.2) is 5.60 Å². The van der Waals surface area contributed by atoms with Crippen molar-refractivity contribution in [1.82, 2.24) is 4.90 Å². The zero-order chi connectivity index (χ0) is 28.7. The first-order chi connectivity index (χ1) is 19.8. The van der Waals surface area contributed by atoms with Gasteiger partial charge < -0.3 is 14.2 Å². The Morgan fingerprint density at radius 1 is 0.976 bits per heavy atom. The number of amides is 1. The number of nitrogens with zero attached hydrogens (tertiary/aromatic N) is 2. The van der Waals surface area contributed by atoms with E-state index >= 15 is 0 Å². The van der Waals surface area contributed by atoms with Gasteiger partial charge in [-0.2, -0.15) is 0 Å². The number of hydrogen-bond donors (Lipinski definition) is 0. The van der Waals surface area contributed by atoms with E-state index in [1.807, 2.05) is 60.7 Å². The van der Waals surface area contributed by atoms with Crippen molar-refractivity contribution in [3.63, 3.8) is 0 Å². The lowest BCUT2D eigenvalue weighted by Gasteiger charge is -2.45. The average molecular weight is 557 g/mol. The van der Waals surface area contributed by atoms with Gasteiger partial charge in [-0.3, -0.25) is 15.0 Å². The highest BCUT2D eigenvalue weighted by molar-refractivity contribution is 5.89. The summed E-state index contributed by atoms with van der Waals surface area (Å²) in [7, 11) is 0. The van der Waals surface area contributed by atoms with Crippen LogP contribution in [0.15, 0.2) is 84.9 Å². The molecule has 1 amide bonds. The molecule has 0 aromatic heterocycles. The molecular weight excluding hydrogens is 524 g/mol. The normalized spacial score (nSPS) is 26.6. The number of carbonyl (C=O) groups is 2. The highest BCUT2D eigenvalue weighted by Gasteiger charge is 2.62. The number of esters is 1. The zero-order valence-corrected chi connectivity index (χ0v) is 22.9. The standard InChI is InChI=1S/C32H32N2O7/c1-20(2)29-32(22-9-5-3-6-10-22,23-11-7-4-8-12-23)41-31(36)33(29)28-26-18-17-25(39-26)19-27(28)40-30(35)21-13-15-24(16-14-21)34(37)38/h3-16,20,25-29H,17-19H2,1-2H3/t25-,26+,27+,28-,29+/m1/s1. The van der Waals surface area contributed by atoms with Crippen LogP contribution in [0.4, 0.5) is 10.5 Å².